The van der Waals surface area contributed by atoms with E-state index in [0.717, 1.165) is 92.8 Å². The molecule has 0 heterocycles. The molecule has 0 spiro atoms. The Morgan fingerprint density at radius 1 is 0.280 bits per heavy atom. The maximum atomic E-state index is 13.6. The number of hydrogen-bond acceptors (Lipinski definition) is 8. The Bertz CT molecular complexity index is 1850. The molecule has 0 radical (unpaired) electrons. The second-order valence-electron chi connectivity index (χ2n) is 32.6. The normalized spacial score (nSPS) is 20.5. The molecule has 4 aliphatic rings. The van der Waals surface area contributed by atoms with Crippen molar-refractivity contribution in [2.45, 2.75) is 427 Å². The van der Waals surface area contributed by atoms with Gasteiger partial charge in [-0.25, -0.2) is 0 Å². The van der Waals surface area contributed by atoms with E-state index in [-0.39, 0.29) is 74.0 Å². The van der Waals surface area contributed by atoms with Crippen LogP contribution in [0.2, 0.25) is 0 Å². The van der Waals surface area contributed by atoms with Crippen LogP contribution in [0.3, 0.4) is 0 Å². The minimum Gasteiger partial charge on any atom is -0.358 e. The molecule has 0 aromatic heterocycles. The van der Waals surface area contributed by atoms with Gasteiger partial charge in [0.2, 0.25) is 0 Å². The van der Waals surface area contributed by atoms with E-state index >= 15 is 0 Å². The summed E-state index contributed by atoms with van der Waals surface area (Å²) in [6.07, 6.45) is 30.9. The molecule has 0 atom stereocenters. The zero-order valence-corrected chi connectivity index (χ0v) is 81.0. The predicted molar refractivity (Wildman–Crippen MR) is 396 cm³/mol. The van der Waals surface area contributed by atoms with Crippen molar-refractivity contribution in [2.24, 2.45) is 74.8 Å². The SMILES string of the molecule is C1CCCC1.CC(C)(C)C1CCCC1.CC1C(C)C(C)C(C)C1C.CCC(C)(C)[N]=[W]([F])=[N]C(C)(C)CC.CCC(C)(C)[N]=[W]([F])=[N]C(C)(C)CC.CCC(C)(C)[N]=[W]([F])=[N]C(C)(C)CC.CCC(C)(C)[N]=[W]([F])=[N]C(C)(C)CC.CCCCC1CCCC1.[CH3-].[CH3-].[CH3-].[CH3-]. The van der Waals surface area contributed by atoms with Gasteiger partial charge >= 0.3 is 372 Å². The second-order valence-corrected chi connectivity index (χ2v) is 44.2. The Kier molecular flexibility index (Phi) is 64.4. The molecule has 0 aromatic carbocycles. The van der Waals surface area contributed by atoms with Crippen molar-refractivity contribution in [1.29, 1.82) is 0 Å². The molecule has 0 aliphatic heterocycles. The summed E-state index contributed by atoms with van der Waals surface area (Å²) in [7, 11) is 0. The van der Waals surface area contributed by atoms with Crippen molar-refractivity contribution < 1.29 is 82.5 Å². The summed E-state index contributed by atoms with van der Waals surface area (Å²) in [6, 6.07) is 0. The first kappa shape index (κ1) is 110. The van der Waals surface area contributed by atoms with Crippen LogP contribution in [-0.2, 0) is 69.9 Å². The van der Waals surface area contributed by atoms with Crippen LogP contribution in [0, 0.1) is 76.5 Å². The Morgan fingerprint density at radius 2 is 0.441 bits per heavy atom. The van der Waals surface area contributed by atoms with Gasteiger partial charge in [-0.05, 0) is 59.7 Å². The van der Waals surface area contributed by atoms with Gasteiger partial charge in [-0.2, -0.15) is 0 Å². The minimum absolute atomic E-state index is 0. The fourth-order valence-electron chi connectivity index (χ4n) is 9.09. The van der Waals surface area contributed by atoms with Crippen molar-refractivity contribution in [3.8, 4) is 0 Å². The molecule has 4 saturated carbocycles. The first-order valence-electron chi connectivity index (χ1n) is 35.9. The van der Waals surface area contributed by atoms with E-state index in [1.165, 1.54) is 103 Å². The Labute approximate surface area is 608 Å². The molecule has 0 unspecified atom stereocenters. The van der Waals surface area contributed by atoms with Crippen LogP contribution in [0.25, 0.3) is 0 Å². The summed E-state index contributed by atoms with van der Waals surface area (Å²) in [4.78, 5) is 0. The van der Waals surface area contributed by atoms with Gasteiger partial charge in [-0.3, -0.25) is 0 Å². The Hall–Kier alpha value is 0.873. The summed E-state index contributed by atoms with van der Waals surface area (Å²) in [5.41, 5.74) is -1.23. The number of hydrogen-bond donors (Lipinski definition) is 0. The van der Waals surface area contributed by atoms with E-state index in [0.29, 0.717) is 5.41 Å². The molecule has 93 heavy (non-hydrogen) atoms. The van der Waals surface area contributed by atoms with Crippen LogP contribution in [0.15, 0.2) is 28.0 Å². The van der Waals surface area contributed by atoms with Gasteiger partial charge in [-0.15, -0.1) is 0 Å². The average Bonchev–Trinajstić information content (AvgIpc) is 1.92. The Balaban J connectivity index is -0.000000149. The third-order valence-corrected chi connectivity index (χ3v) is 38.5. The molecular weight excluding hydrogens is 1850 g/mol. The monoisotopic (exact) mass is 2020 g/mol. The van der Waals surface area contributed by atoms with Crippen LogP contribution in [-0.4, -0.2) is 44.3 Å². The van der Waals surface area contributed by atoms with Gasteiger partial charge in [0.15, 0.2) is 0 Å². The number of unbranched alkanes of at least 4 members (excludes halogenated alkanes) is 1. The topological polar surface area (TPSA) is 98.9 Å². The maximum Gasteiger partial charge on any atom is -0.0414 e. The fourth-order valence-corrected chi connectivity index (χ4v) is 25.1. The molecule has 4 fully saturated rings. The molecule has 16 heteroatoms. The van der Waals surface area contributed by atoms with Crippen molar-refractivity contribution in [1.82, 2.24) is 0 Å². The smallest absolute Gasteiger partial charge is 0.0414 e. The molecule has 4 rings (SSSR count). The summed E-state index contributed by atoms with van der Waals surface area (Å²) >= 11 is -13.1. The summed E-state index contributed by atoms with van der Waals surface area (Å²) in [5, 5.41) is 0. The molecule has 0 saturated heterocycles. The standard InChI is InChI=1S/C10H20.2C9H18.8C5H11N.C5H10.4CH3.4FH.4W/c1-6-7(2)9(4)10(5)8(6)3;1-9(2,3)8-6-4-5-7-8;1-2-3-6-9-7-4-5-8-9;8*1-4-5(2,3)6;1-2-4-5-3-1;;;;;;;;;;;;/h6-10H,1-5H3;8H,4-7H2,1-3H3;9H,2-8H2,1H3;8*4H2,1-3H3;1-5H2;4*1H3;4*1H;;;;/q;;;;;;;;;;;;4*-1;;;;;4*+1/p-4. The van der Waals surface area contributed by atoms with Crippen LogP contribution in [0.4, 0.5) is 12.6 Å². The van der Waals surface area contributed by atoms with Crippen LogP contribution >= 0.6 is 0 Å². The number of nitrogens with zero attached hydrogens (tertiary/aromatic N) is 8. The maximum absolute atomic E-state index is 13.6. The van der Waals surface area contributed by atoms with Gasteiger partial charge in [0, 0.05) is 0 Å². The largest absolute Gasteiger partial charge is 0.358 e. The average molecular weight is 2020 g/mol. The van der Waals surface area contributed by atoms with Crippen LogP contribution < -0.4 is 0 Å². The van der Waals surface area contributed by atoms with E-state index in [2.05, 4.69) is 90.3 Å². The third-order valence-electron chi connectivity index (χ3n) is 19.9. The fraction of sp³-hybridized carbons (Fsp3) is 0.948. The van der Waals surface area contributed by atoms with Crippen molar-refractivity contribution in [3.63, 3.8) is 0 Å². The van der Waals surface area contributed by atoms with Crippen molar-refractivity contribution in [3.05, 3.63) is 29.7 Å². The first-order valence-corrected chi connectivity index (χ1v) is 50.9. The molecular formula is C77H166F4N8W4-4. The van der Waals surface area contributed by atoms with E-state index in [4.69, 9.17) is 0 Å². The molecule has 0 aromatic rings. The number of rotatable bonds is 19. The molecule has 8 nitrogen and oxygen atoms in total. The first-order chi connectivity index (χ1) is 40.5. The van der Waals surface area contributed by atoms with E-state index in [9.17, 15) is 12.6 Å². The molecule has 0 amide bonds. The summed E-state index contributed by atoms with van der Waals surface area (Å²) < 4.78 is 88.3. The molecule has 4 aliphatic carbocycles. The van der Waals surface area contributed by atoms with E-state index in [1.807, 2.05) is 166 Å². The predicted octanol–water partition coefficient (Wildman–Crippen LogP) is 30.5. The molecule has 0 N–H and O–H groups in total. The van der Waals surface area contributed by atoms with Gasteiger partial charge in [-0.1, -0.05) is 152 Å². The summed E-state index contributed by atoms with van der Waals surface area (Å²) in [5.74, 6) is 6.80. The minimum atomic E-state index is -3.28. The third kappa shape index (κ3) is 59.1. The van der Waals surface area contributed by atoms with Crippen LogP contribution in [0.5, 0.6) is 0 Å². The van der Waals surface area contributed by atoms with Crippen LogP contribution in [0.1, 0.15) is 383 Å². The Morgan fingerprint density at radius 3 is 0.570 bits per heavy atom. The molecule has 0 bridgehead atoms. The van der Waals surface area contributed by atoms with Crippen molar-refractivity contribution in [2.75, 3.05) is 0 Å². The van der Waals surface area contributed by atoms with E-state index in [1.54, 1.807) is 0 Å². The zero-order chi connectivity index (χ0) is 70.5. The van der Waals surface area contributed by atoms with Gasteiger partial charge in [0.25, 0.3) is 0 Å². The van der Waals surface area contributed by atoms with Gasteiger partial charge in [0.1, 0.15) is 0 Å². The van der Waals surface area contributed by atoms with Gasteiger partial charge < -0.3 is 29.7 Å². The quantitative estimate of drug-likeness (QED) is 0.0909. The summed E-state index contributed by atoms with van der Waals surface area (Å²) in [6.45, 7) is 69.2. The second kappa shape index (κ2) is 54.6. The van der Waals surface area contributed by atoms with Crippen molar-refractivity contribution >= 4 is 0 Å². The molecule has 570 valence electrons. The van der Waals surface area contributed by atoms with Gasteiger partial charge in [0.05, 0.1) is 0 Å². The van der Waals surface area contributed by atoms with E-state index < -0.39 is 69.9 Å². The zero-order valence-electron chi connectivity index (χ0n) is 69.2. The number of halogens is 4.